The maximum atomic E-state index is 13.5. The largest absolute Gasteiger partial charge is 0.394 e. The van der Waals surface area contributed by atoms with Crippen LogP contribution in [-0.2, 0) is 109 Å². The molecular formula is C68H114N4O50. The van der Waals surface area contributed by atoms with Crippen LogP contribution in [-0.4, -0.2) is 528 Å². The fourth-order valence-electron chi connectivity index (χ4n) is 15.9. The zero-order valence-electron chi connectivity index (χ0n) is 65.7. The molecule has 706 valence electrons. The van der Waals surface area contributed by atoms with Crippen molar-refractivity contribution in [2.75, 3.05) is 59.5 Å². The van der Waals surface area contributed by atoms with Gasteiger partial charge in [0.1, 0.15) is 238 Å². The molecule has 31 N–H and O–H groups in total. The van der Waals surface area contributed by atoms with Crippen LogP contribution in [0.2, 0.25) is 0 Å². The van der Waals surface area contributed by atoms with Crippen molar-refractivity contribution in [2.45, 2.75) is 341 Å². The van der Waals surface area contributed by atoms with Crippen LogP contribution in [0.4, 0.5) is 0 Å². The van der Waals surface area contributed by atoms with Gasteiger partial charge >= 0.3 is 0 Å². The third-order valence-electron chi connectivity index (χ3n) is 22.4. The summed E-state index contributed by atoms with van der Waals surface area (Å²) >= 11 is 0. The predicted octanol–water partition coefficient (Wildman–Crippen LogP) is -21.2. The quantitative estimate of drug-likeness (QED) is 0.0306. The fourth-order valence-corrected chi connectivity index (χ4v) is 15.9. The molecule has 10 heterocycles. The van der Waals surface area contributed by atoms with Crippen LogP contribution in [0, 0.1) is 0 Å². The van der Waals surface area contributed by atoms with E-state index in [1.165, 1.54) is 6.92 Å². The minimum absolute atomic E-state index is 0.802. The highest BCUT2D eigenvalue weighted by Crippen LogP contribution is 2.41. The third kappa shape index (κ3) is 21.9. The van der Waals surface area contributed by atoms with Crippen LogP contribution in [0.1, 0.15) is 34.6 Å². The van der Waals surface area contributed by atoms with E-state index in [0.717, 1.165) is 27.7 Å². The zero-order chi connectivity index (χ0) is 89.8. The minimum Gasteiger partial charge on any atom is -0.394 e. The smallest absolute Gasteiger partial charge is 0.217 e. The maximum absolute atomic E-state index is 13.5. The zero-order valence-corrected chi connectivity index (χ0v) is 65.7. The first-order chi connectivity index (χ1) is 57.7. The standard InChI is InChI=1S/C68H114N4O50/c1-15-33(85)42(94)47(99)63(105-15)119-55-32(72-19(5)84)62(113-27(13-80)54(55)118-65-49(101)44(96)35(87)21(7-74)108-65)121-57-45(97)36(88)22(8-75)109-67(57)104-14-28-38(90)56(50(102)66(114-28)117-53-26(12-79)111-60(30(40(53)92)70-17(3)82)115-51-24(10-77)106-59(103)29(39(51)91)69-16(2)81)120-68-58(46(98)37(89)23(9-76)110-68)122-61-31(71-18(4)83)41(93)52(25(11-78)112-61)116-64-48(100)43(95)34(86)20(6-73)107-64/h15,20-68,73-80,85-103H,6-14H2,1-5H3,(H,69,81)(H,70,82)(H,71,83)(H,72,84)/t15-,20+,21+,22+,23+,24+,25+,26+,27+,28+,29+,30+,31+,32+,33+,34-,35-,36+,37+,38+,39+,40+,41+,42+,43-,44-,45-,46-,47-,48+,49+,50-,51+,52+,53+,54+,55+,56-,57-,58-,59+,60-,61-,62-,63-,64-,65-,66-,67-,68+/m0/s1. The number of aliphatic hydroxyl groups is 27. The maximum Gasteiger partial charge on any atom is 0.217 e. The second-order valence-corrected chi connectivity index (χ2v) is 31.0. The number of rotatable bonds is 31. The molecule has 10 fully saturated rings. The third-order valence-corrected chi connectivity index (χ3v) is 22.4. The Hall–Kier alpha value is -3.96. The highest BCUT2D eigenvalue weighted by atomic mass is 16.8. The van der Waals surface area contributed by atoms with Gasteiger partial charge in [-0.05, 0) is 6.92 Å². The highest BCUT2D eigenvalue weighted by molar-refractivity contribution is 5.74. The molecule has 0 spiro atoms. The Balaban J connectivity index is 1.01. The van der Waals surface area contributed by atoms with Gasteiger partial charge in [-0.1, -0.05) is 0 Å². The van der Waals surface area contributed by atoms with Crippen LogP contribution in [0.3, 0.4) is 0 Å². The summed E-state index contributed by atoms with van der Waals surface area (Å²) in [6.45, 7) is -5.23. The van der Waals surface area contributed by atoms with Gasteiger partial charge in [0.2, 0.25) is 23.6 Å². The molecule has 0 bridgehead atoms. The lowest BCUT2D eigenvalue weighted by Crippen LogP contribution is -2.71. The molecule has 0 unspecified atom stereocenters. The number of ether oxygens (including phenoxy) is 19. The fraction of sp³-hybridized carbons (Fsp3) is 0.941. The van der Waals surface area contributed by atoms with Crippen molar-refractivity contribution in [3.63, 3.8) is 0 Å². The molecule has 0 aromatic rings. The summed E-state index contributed by atoms with van der Waals surface area (Å²) in [6.07, 6.45) is -96.8. The lowest BCUT2D eigenvalue weighted by Gasteiger charge is -2.51. The Labute approximate surface area is 691 Å². The van der Waals surface area contributed by atoms with Crippen molar-refractivity contribution < 1.29 is 247 Å². The summed E-state index contributed by atoms with van der Waals surface area (Å²) < 4.78 is 114. The van der Waals surface area contributed by atoms with E-state index in [1.54, 1.807) is 0 Å². The van der Waals surface area contributed by atoms with Gasteiger partial charge in [0, 0.05) is 27.7 Å². The topological polar surface area (TPSA) is 838 Å². The SMILES string of the molecule is CC(=O)N[C@@H]1[C@@H](O)[C@H](O[C@@H]2O[C@H](CO)[C@@H](O[C@@H]3O[C@H](CO[C@H]4O[C@H](CO)[C@@H](O)[C@H](O)[C@@H]4O[C@@H]4O[C@H](CO)[C@@H](O[C@@H]5O[C@H](CO)[C@H](O)[C@H](O)[C@H]5O)[C@H](O[C@@H]5O[C@@H](C)[C@@H](O)[C@@H](O)[C@@H]5O)[C@H]4NC(C)=O)[C@@H](O)[C@H](O[C@H]4O[C@H](CO)[C@@H](O)[C@H](O)[C@@H]4O[C@@H]4O[C@H](CO)[C@@H](O[C@@H]5O[C@H](CO)[C@H](O)[C@H](O)[C@H]5O)[C@H](O)[C@H]4NC(C)=O)[C@@H]3O)[C@H](O)[C@H]2NC(C)=O)[C@@H](CO)O[C@H]1O. The average molecular weight is 1790 g/mol. The van der Waals surface area contributed by atoms with Gasteiger partial charge in [-0.3, -0.25) is 19.2 Å². The van der Waals surface area contributed by atoms with Gasteiger partial charge in [-0.2, -0.15) is 0 Å². The van der Waals surface area contributed by atoms with Crippen LogP contribution in [0.25, 0.3) is 0 Å². The van der Waals surface area contributed by atoms with Crippen molar-refractivity contribution in [3.8, 4) is 0 Å². The summed E-state index contributed by atoms with van der Waals surface area (Å²) in [4.78, 5) is 51.8. The second-order valence-electron chi connectivity index (χ2n) is 31.0. The number of aliphatic hydroxyl groups excluding tert-OH is 27. The first kappa shape index (κ1) is 100. The van der Waals surface area contributed by atoms with E-state index >= 15 is 0 Å². The molecule has 10 aliphatic rings. The Morgan fingerprint density at radius 3 is 0.934 bits per heavy atom. The van der Waals surface area contributed by atoms with Gasteiger partial charge in [0.25, 0.3) is 0 Å². The first-order valence-electron chi connectivity index (χ1n) is 39.0. The van der Waals surface area contributed by atoms with E-state index < -0.39 is 390 Å². The summed E-state index contributed by atoms with van der Waals surface area (Å²) in [5.74, 6) is -3.75. The van der Waals surface area contributed by atoms with Crippen molar-refractivity contribution in [1.82, 2.24) is 21.3 Å². The Bertz CT molecular complexity index is 3290. The molecule has 0 aromatic carbocycles. The number of hydrogen-bond acceptors (Lipinski definition) is 50. The summed E-state index contributed by atoms with van der Waals surface area (Å²) in [5.41, 5.74) is 0. The van der Waals surface area contributed by atoms with E-state index in [9.17, 15) is 157 Å². The number of hydrogen-bond donors (Lipinski definition) is 31. The molecule has 10 aliphatic heterocycles. The molecule has 54 nitrogen and oxygen atoms in total. The molecule has 0 saturated carbocycles. The van der Waals surface area contributed by atoms with E-state index in [0.29, 0.717) is 0 Å². The molecule has 10 saturated heterocycles. The van der Waals surface area contributed by atoms with Crippen molar-refractivity contribution >= 4 is 23.6 Å². The summed E-state index contributed by atoms with van der Waals surface area (Å²) in [5, 5.41) is 311. The number of carbonyl (C=O) groups excluding carboxylic acids is 4. The molecule has 122 heavy (non-hydrogen) atoms. The first-order valence-corrected chi connectivity index (χ1v) is 39.0. The van der Waals surface area contributed by atoms with Gasteiger partial charge in [0.05, 0.1) is 65.6 Å². The summed E-state index contributed by atoms with van der Waals surface area (Å²) in [7, 11) is 0. The lowest BCUT2D eigenvalue weighted by molar-refractivity contribution is -0.400. The van der Waals surface area contributed by atoms with Crippen molar-refractivity contribution in [1.29, 1.82) is 0 Å². The monoisotopic (exact) mass is 1790 g/mol. The molecule has 54 heteroatoms. The predicted molar refractivity (Wildman–Crippen MR) is 375 cm³/mol. The van der Waals surface area contributed by atoms with Gasteiger partial charge < -0.3 is 249 Å². The molecule has 4 amide bonds. The number of nitrogens with one attached hydrogen (secondary N) is 4. The second kappa shape index (κ2) is 43.6. The van der Waals surface area contributed by atoms with E-state index in [1.807, 2.05) is 0 Å². The van der Waals surface area contributed by atoms with Crippen molar-refractivity contribution in [2.24, 2.45) is 0 Å². The number of carbonyl (C=O) groups is 4. The molecule has 0 radical (unpaired) electrons. The molecular weight excluding hydrogens is 1670 g/mol. The minimum atomic E-state index is -2.62. The Kier molecular flexibility index (Phi) is 35.8. The van der Waals surface area contributed by atoms with Gasteiger partial charge in [0.15, 0.2) is 62.9 Å². The van der Waals surface area contributed by atoms with E-state index in [4.69, 9.17) is 90.0 Å². The summed E-state index contributed by atoms with van der Waals surface area (Å²) in [6, 6.07) is -7.63. The molecule has 0 aromatic heterocycles. The van der Waals surface area contributed by atoms with Crippen LogP contribution < -0.4 is 21.3 Å². The Morgan fingerprint density at radius 1 is 0.230 bits per heavy atom. The van der Waals surface area contributed by atoms with Gasteiger partial charge in [-0.25, -0.2) is 0 Å². The van der Waals surface area contributed by atoms with Crippen molar-refractivity contribution in [3.05, 3.63) is 0 Å². The number of amides is 4. The Morgan fingerprint density at radius 2 is 0.508 bits per heavy atom. The van der Waals surface area contributed by atoms with E-state index in [2.05, 4.69) is 21.3 Å². The highest BCUT2D eigenvalue weighted by Gasteiger charge is 2.62. The lowest BCUT2D eigenvalue weighted by atomic mass is 9.93. The molecule has 10 rings (SSSR count). The molecule has 50 atom stereocenters. The van der Waals surface area contributed by atoms with Crippen LogP contribution in [0.15, 0.2) is 0 Å². The van der Waals surface area contributed by atoms with Crippen LogP contribution in [0.5, 0.6) is 0 Å². The normalized spacial score (nSPS) is 49.7. The van der Waals surface area contributed by atoms with E-state index in [-0.39, 0.29) is 0 Å². The molecule has 0 aliphatic carbocycles. The van der Waals surface area contributed by atoms with Crippen LogP contribution >= 0.6 is 0 Å². The van der Waals surface area contributed by atoms with Gasteiger partial charge in [-0.15, -0.1) is 0 Å². The average Bonchev–Trinajstić information content (AvgIpc) is 0.766.